The zero-order chi connectivity index (χ0) is 22.0. The Morgan fingerprint density at radius 3 is 2.81 bits per heavy atom. The zero-order valence-electron chi connectivity index (χ0n) is 18.5. The third-order valence-corrected chi connectivity index (χ3v) is 6.16. The molecule has 1 aliphatic heterocycles. The molecule has 3 aromatic rings. The number of nitrogens with zero attached hydrogens (tertiary/aromatic N) is 3. The second-order valence-corrected chi connectivity index (χ2v) is 9.07. The summed E-state index contributed by atoms with van der Waals surface area (Å²) in [6, 6.07) is 14.1. The number of amides is 1. The quantitative estimate of drug-likeness (QED) is 0.429. The van der Waals surface area contributed by atoms with Crippen molar-refractivity contribution < 1.29 is 4.79 Å². The first-order chi connectivity index (χ1) is 14.9. The van der Waals surface area contributed by atoms with Crippen LogP contribution in [-0.4, -0.2) is 28.7 Å². The first-order valence-corrected chi connectivity index (χ1v) is 11.8. The van der Waals surface area contributed by atoms with E-state index in [9.17, 15) is 4.79 Å². The topological polar surface area (TPSA) is 58.1 Å². The van der Waals surface area contributed by atoms with Crippen molar-refractivity contribution in [3.63, 3.8) is 0 Å². The maximum absolute atomic E-state index is 13.0. The number of benzene rings is 2. The molecule has 0 spiro atoms. The second-order valence-electron chi connectivity index (χ2n) is 8.29. The molecule has 2 heterocycles. The van der Waals surface area contributed by atoms with Crippen LogP contribution in [0.2, 0.25) is 0 Å². The number of thioether (sulfide) groups is 1. The van der Waals surface area contributed by atoms with E-state index in [0.717, 1.165) is 52.9 Å². The molecule has 0 radical (unpaired) electrons. The lowest BCUT2D eigenvalue weighted by molar-refractivity contribution is 0.102. The third kappa shape index (κ3) is 4.90. The van der Waals surface area contributed by atoms with E-state index < -0.39 is 0 Å². The van der Waals surface area contributed by atoms with Crippen LogP contribution in [-0.2, 0) is 13.0 Å². The van der Waals surface area contributed by atoms with Crippen LogP contribution in [0.3, 0.4) is 0 Å². The molecule has 1 N–H and O–H groups in total. The van der Waals surface area contributed by atoms with Crippen molar-refractivity contribution in [1.82, 2.24) is 9.97 Å². The Bertz CT molecular complexity index is 1110. The molecule has 6 heteroatoms. The number of carbonyl (C=O) groups is 1. The SMILES string of the molecule is CSc1ncc2c(n1)CCN(c1cc(C)cc(C(=O)Nc3cccc(C(C)C)c3)c1)C2. The van der Waals surface area contributed by atoms with Gasteiger partial charge in [0.05, 0.1) is 5.69 Å². The summed E-state index contributed by atoms with van der Waals surface area (Å²) in [5.41, 5.74) is 7.12. The minimum absolute atomic E-state index is 0.0868. The van der Waals surface area contributed by atoms with Crippen molar-refractivity contribution >= 4 is 29.0 Å². The lowest BCUT2D eigenvalue weighted by atomic mass is 10.0. The number of hydrogen-bond donors (Lipinski definition) is 1. The number of fused-ring (bicyclic) bond motifs is 1. The predicted octanol–water partition coefficient (Wildman–Crippen LogP) is 5.45. The summed E-state index contributed by atoms with van der Waals surface area (Å²) in [4.78, 5) is 24.4. The summed E-state index contributed by atoms with van der Waals surface area (Å²) >= 11 is 1.57. The second kappa shape index (κ2) is 9.10. The number of carbonyl (C=O) groups excluding carboxylic acids is 1. The Labute approximate surface area is 188 Å². The molecule has 0 atom stereocenters. The Morgan fingerprint density at radius 2 is 2.03 bits per heavy atom. The van der Waals surface area contributed by atoms with Crippen molar-refractivity contribution in [3.05, 3.63) is 76.6 Å². The highest BCUT2D eigenvalue weighted by Gasteiger charge is 2.20. The van der Waals surface area contributed by atoms with Gasteiger partial charge in [-0.05, 0) is 60.6 Å². The van der Waals surface area contributed by atoms with E-state index >= 15 is 0 Å². The molecule has 0 fully saturated rings. The number of hydrogen-bond acceptors (Lipinski definition) is 5. The Hall–Kier alpha value is -2.86. The van der Waals surface area contributed by atoms with E-state index in [0.29, 0.717) is 11.5 Å². The van der Waals surface area contributed by atoms with Crippen LogP contribution >= 0.6 is 11.8 Å². The summed E-state index contributed by atoms with van der Waals surface area (Å²) in [5.74, 6) is 0.330. The predicted molar refractivity (Wildman–Crippen MR) is 128 cm³/mol. The van der Waals surface area contributed by atoms with Crippen LogP contribution in [0, 0.1) is 6.92 Å². The fourth-order valence-electron chi connectivity index (χ4n) is 3.87. The van der Waals surface area contributed by atoms with Crippen molar-refractivity contribution in [1.29, 1.82) is 0 Å². The molecule has 0 bridgehead atoms. The normalized spacial score (nSPS) is 13.3. The molecule has 1 aromatic heterocycles. The maximum atomic E-state index is 13.0. The van der Waals surface area contributed by atoms with E-state index in [2.05, 4.69) is 46.2 Å². The molecule has 5 nitrogen and oxygen atoms in total. The standard InChI is InChI=1S/C25H28N4OS/c1-16(2)18-6-5-7-21(12-18)27-24(30)19-10-17(3)11-22(13-19)29-9-8-23-20(15-29)14-26-25(28-23)31-4/h5-7,10-14,16H,8-9,15H2,1-4H3,(H,27,30). The third-order valence-electron chi connectivity index (χ3n) is 5.60. The van der Waals surface area contributed by atoms with E-state index in [4.69, 9.17) is 0 Å². The average Bonchev–Trinajstić information content (AvgIpc) is 2.78. The van der Waals surface area contributed by atoms with Crippen LogP contribution < -0.4 is 10.2 Å². The molecule has 0 aliphatic carbocycles. The smallest absolute Gasteiger partial charge is 0.255 e. The average molecular weight is 433 g/mol. The lowest BCUT2D eigenvalue weighted by Gasteiger charge is -2.30. The molecule has 0 saturated carbocycles. The van der Waals surface area contributed by atoms with E-state index in [1.54, 1.807) is 11.8 Å². The Morgan fingerprint density at radius 1 is 1.19 bits per heavy atom. The minimum Gasteiger partial charge on any atom is -0.367 e. The molecule has 2 aromatic carbocycles. The van der Waals surface area contributed by atoms with Gasteiger partial charge in [-0.25, -0.2) is 9.97 Å². The minimum atomic E-state index is -0.0868. The molecule has 1 aliphatic rings. The van der Waals surface area contributed by atoms with Gasteiger partial charge in [-0.2, -0.15) is 0 Å². The number of rotatable bonds is 5. The summed E-state index contributed by atoms with van der Waals surface area (Å²) in [6.45, 7) is 7.96. The first-order valence-electron chi connectivity index (χ1n) is 10.6. The van der Waals surface area contributed by atoms with Crippen LogP contribution in [0.25, 0.3) is 0 Å². The highest BCUT2D eigenvalue weighted by molar-refractivity contribution is 7.98. The van der Waals surface area contributed by atoms with Crippen molar-refractivity contribution in [3.8, 4) is 0 Å². The van der Waals surface area contributed by atoms with Crippen LogP contribution in [0.4, 0.5) is 11.4 Å². The monoisotopic (exact) mass is 432 g/mol. The first kappa shape index (κ1) is 21.4. The van der Waals surface area contributed by atoms with Gasteiger partial charge in [0.25, 0.3) is 5.91 Å². The van der Waals surface area contributed by atoms with Gasteiger partial charge in [0.2, 0.25) is 0 Å². The van der Waals surface area contributed by atoms with Crippen molar-refractivity contribution in [2.24, 2.45) is 0 Å². The van der Waals surface area contributed by atoms with Gasteiger partial charge < -0.3 is 10.2 Å². The van der Waals surface area contributed by atoms with Crippen LogP contribution in [0.15, 0.2) is 53.8 Å². The van der Waals surface area contributed by atoms with E-state index in [-0.39, 0.29) is 5.91 Å². The van der Waals surface area contributed by atoms with Gasteiger partial charge in [-0.15, -0.1) is 0 Å². The number of anilines is 2. The summed E-state index contributed by atoms with van der Waals surface area (Å²) in [7, 11) is 0. The lowest BCUT2D eigenvalue weighted by Crippen LogP contribution is -2.31. The summed E-state index contributed by atoms with van der Waals surface area (Å²) < 4.78 is 0. The van der Waals surface area contributed by atoms with E-state index in [1.807, 2.05) is 49.7 Å². The Balaban J connectivity index is 1.54. The fraction of sp³-hybridized carbons (Fsp3) is 0.320. The van der Waals surface area contributed by atoms with Crippen molar-refractivity contribution in [2.45, 2.75) is 44.8 Å². The largest absolute Gasteiger partial charge is 0.367 e. The van der Waals surface area contributed by atoms with Gasteiger partial charge in [0.15, 0.2) is 5.16 Å². The zero-order valence-corrected chi connectivity index (χ0v) is 19.3. The molecule has 0 saturated heterocycles. The summed E-state index contributed by atoms with van der Waals surface area (Å²) in [5, 5.41) is 3.88. The van der Waals surface area contributed by atoms with Crippen LogP contribution in [0.5, 0.6) is 0 Å². The number of aromatic nitrogens is 2. The Kier molecular flexibility index (Phi) is 6.28. The molecule has 0 unspecified atom stereocenters. The fourth-order valence-corrected chi connectivity index (χ4v) is 4.23. The molecular formula is C25H28N4OS. The molecule has 160 valence electrons. The van der Waals surface area contributed by atoms with Crippen molar-refractivity contribution in [2.75, 3.05) is 23.0 Å². The number of aryl methyl sites for hydroxylation is 1. The molecule has 31 heavy (non-hydrogen) atoms. The van der Waals surface area contributed by atoms with Gasteiger partial charge in [-0.3, -0.25) is 4.79 Å². The van der Waals surface area contributed by atoms with Crippen LogP contribution in [0.1, 0.15) is 52.5 Å². The van der Waals surface area contributed by atoms with E-state index in [1.165, 1.54) is 5.56 Å². The van der Waals surface area contributed by atoms with Gasteiger partial charge in [-0.1, -0.05) is 37.7 Å². The van der Waals surface area contributed by atoms with Gasteiger partial charge in [0.1, 0.15) is 0 Å². The molecule has 4 rings (SSSR count). The number of nitrogens with one attached hydrogen (secondary N) is 1. The summed E-state index contributed by atoms with van der Waals surface area (Å²) in [6.07, 6.45) is 4.81. The van der Waals surface area contributed by atoms with Gasteiger partial charge >= 0.3 is 0 Å². The highest BCUT2D eigenvalue weighted by atomic mass is 32.2. The van der Waals surface area contributed by atoms with Gasteiger partial charge in [0, 0.05) is 48.2 Å². The maximum Gasteiger partial charge on any atom is 0.255 e. The highest BCUT2D eigenvalue weighted by Crippen LogP contribution is 2.27. The molecular weight excluding hydrogens is 404 g/mol. The molecule has 1 amide bonds.